The summed E-state index contributed by atoms with van der Waals surface area (Å²) < 4.78 is 6.25. The van der Waals surface area contributed by atoms with E-state index in [0.29, 0.717) is 11.8 Å². The molecule has 0 aromatic carbocycles. The first-order chi connectivity index (χ1) is 7.99. The van der Waals surface area contributed by atoms with Crippen LogP contribution in [0.1, 0.15) is 25.0 Å². The van der Waals surface area contributed by atoms with E-state index in [9.17, 15) is 0 Å². The number of aryl methyl sites for hydroxylation is 1. The van der Waals surface area contributed by atoms with E-state index in [2.05, 4.69) is 47.9 Å². The fourth-order valence-electron chi connectivity index (χ4n) is 1.70. The molecule has 92 valence electrons. The summed E-state index contributed by atoms with van der Waals surface area (Å²) >= 11 is 5.19. The fourth-order valence-corrected chi connectivity index (χ4v) is 3.24. The summed E-state index contributed by atoms with van der Waals surface area (Å²) in [5, 5.41) is 4.08. The molecule has 0 saturated carbocycles. The largest absolute Gasteiger partial charge is 0.367 e. The normalized spacial score (nSPS) is 11.4. The molecule has 0 amide bonds. The van der Waals surface area contributed by atoms with Gasteiger partial charge in [0.15, 0.2) is 0 Å². The summed E-state index contributed by atoms with van der Waals surface area (Å²) in [6.07, 6.45) is 0.888. The SMILES string of the molecule is Cc1cc(-c2noc(N)c2CC(C)C)sc1Br. The van der Waals surface area contributed by atoms with Gasteiger partial charge >= 0.3 is 0 Å². The molecule has 0 fully saturated rings. The van der Waals surface area contributed by atoms with E-state index in [1.165, 1.54) is 5.56 Å². The second-order valence-electron chi connectivity index (χ2n) is 4.54. The van der Waals surface area contributed by atoms with Crippen molar-refractivity contribution in [1.82, 2.24) is 5.16 Å². The number of anilines is 1. The Labute approximate surface area is 113 Å². The quantitative estimate of drug-likeness (QED) is 0.921. The summed E-state index contributed by atoms with van der Waals surface area (Å²) in [4.78, 5) is 1.10. The predicted molar refractivity (Wildman–Crippen MR) is 75.2 cm³/mol. The minimum atomic E-state index is 0.441. The lowest BCUT2D eigenvalue weighted by molar-refractivity contribution is 0.438. The Morgan fingerprint density at radius 2 is 2.24 bits per heavy atom. The molecule has 2 aromatic heterocycles. The Hall–Kier alpha value is -0.810. The van der Waals surface area contributed by atoms with Crippen LogP contribution < -0.4 is 5.73 Å². The molecule has 2 rings (SSSR count). The summed E-state index contributed by atoms with van der Waals surface area (Å²) in [6.45, 7) is 6.38. The minimum Gasteiger partial charge on any atom is -0.367 e. The fraction of sp³-hybridized carbons (Fsp3) is 0.417. The first-order valence-corrected chi connectivity index (χ1v) is 7.10. The lowest BCUT2D eigenvalue weighted by atomic mass is 10.0. The first-order valence-electron chi connectivity index (χ1n) is 5.49. The van der Waals surface area contributed by atoms with Crippen molar-refractivity contribution in [3.63, 3.8) is 0 Å². The third-order valence-electron chi connectivity index (χ3n) is 2.52. The highest BCUT2D eigenvalue weighted by atomic mass is 79.9. The second-order valence-corrected chi connectivity index (χ2v) is 6.91. The summed E-state index contributed by atoms with van der Waals surface area (Å²) in [6, 6.07) is 2.11. The van der Waals surface area contributed by atoms with E-state index in [1.54, 1.807) is 11.3 Å². The van der Waals surface area contributed by atoms with Gasteiger partial charge in [0, 0.05) is 5.56 Å². The van der Waals surface area contributed by atoms with Gasteiger partial charge in [-0.1, -0.05) is 19.0 Å². The molecule has 0 unspecified atom stereocenters. The number of nitrogens with two attached hydrogens (primary N) is 1. The maximum absolute atomic E-state index is 5.84. The second kappa shape index (κ2) is 4.82. The topological polar surface area (TPSA) is 52.0 Å². The number of aromatic nitrogens is 1. The smallest absolute Gasteiger partial charge is 0.225 e. The Morgan fingerprint density at radius 3 is 2.76 bits per heavy atom. The standard InChI is InChI=1S/C12H15BrN2OS/c1-6(2)4-8-10(15-16-12(8)14)9-5-7(3)11(13)17-9/h5-6H,4,14H2,1-3H3. The van der Waals surface area contributed by atoms with Gasteiger partial charge in [0.25, 0.3) is 0 Å². The van der Waals surface area contributed by atoms with Crippen LogP contribution in [0.25, 0.3) is 10.6 Å². The average Bonchev–Trinajstić information content (AvgIpc) is 2.73. The maximum atomic E-state index is 5.84. The zero-order valence-electron chi connectivity index (χ0n) is 10.1. The monoisotopic (exact) mass is 314 g/mol. The lowest BCUT2D eigenvalue weighted by Gasteiger charge is -2.03. The molecule has 0 spiro atoms. The number of rotatable bonds is 3. The van der Waals surface area contributed by atoms with Crippen LogP contribution in [0.2, 0.25) is 0 Å². The average molecular weight is 315 g/mol. The van der Waals surface area contributed by atoms with Crippen molar-refractivity contribution < 1.29 is 4.52 Å². The summed E-state index contributed by atoms with van der Waals surface area (Å²) in [7, 11) is 0. The molecule has 2 aromatic rings. The number of thiophene rings is 1. The van der Waals surface area contributed by atoms with Crippen molar-refractivity contribution >= 4 is 33.2 Å². The minimum absolute atomic E-state index is 0.441. The number of halogens is 1. The van der Waals surface area contributed by atoms with Crippen molar-refractivity contribution in [3.05, 3.63) is 21.0 Å². The van der Waals surface area contributed by atoms with Crippen LogP contribution in [0, 0.1) is 12.8 Å². The zero-order valence-corrected chi connectivity index (χ0v) is 12.5. The number of hydrogen-bond acceptors (Lipinski definition) is 4. The molecule has 5 heteroatoms. The molecule has 0 atom stereocenters. The molecule has 0 bridgehead atoms. The van der Waals surface area contributed by atoms with Crippen molar-refractivity contribution in [2.75, 3.05) is 5.73 Å². The van der Waals surface area contributed by atoms with E-state index in [-0.39, 0.29) is 0 Å². The Bertz CT molecular complexity index is 511. The highest BCUT2D eigenvalue weighted by Crippen LogP contribution is 2.37. The van der Waals surface area contributed by atoms with Gasteiger partial charge in [-0.3, -0.25) is 0 Å². The van der Waals surface area contributed by atoms with E-state index >= 15 is 0 Å². The zero-order chi connectivity index (χ0) is 12.6. The molecule has 2 heterocycles. The molecular weight excluding hydrogens is 300 g/mol. The Kier molecular flexibility index (Phi) is 3.58. The van der Waals surface area contributed by atoms with Crippen LogP contribution in [-0.4, -0.2) is 5.16 Å². The van der Waals surface area contributed by atoms with Crippen molar-refractivity contribution in [1.29, 1.82) is 0 Å². The summed E-state index contributed by atoms with van der Waals surface area (Å²) in [5.41, 5.74) is 8.95. The Morgan fingerprint density at radius 1 is 1.53 bits per heavy atom. The third-order valence-corrected chi connectivity index (χ3v) is 4.66. The Balaban J connectivity index is 2.45. The predicted octanol–water partition coefficient (Wildman–Crippen LogP) is 4.25. The van der Waals surface area contributed by atoms with Crippen LogP contribution >= 0.6 is 27.3 Å². The van der Waals surface area contributed by atoms with E-state index in [4.69, 9.17) is 10.3 Å². The van der Waals surface area contributed by atoms with Gasteiger partial charge in [0.1, 0.15) is 5.69 Å². The van der Waals surface area contributed by atoms with E-state index in [1.807, 2.05) is 0 Å². The molecule has 0 radical (unpaired) electrons. The number of hydrogen-bond donors (Lipinski definition) is 1. The highest BCUT2D eigenvalue weighted by molar-refractivity contribution is 9.11. The molecule has 17 heavy (non-hydrogen) atoms. The van der Waals surface area contributed by atoms with Crippen molar-refractivity contribution in [2.45, 2.75) is 27.2 Å². The van der Waals surface area contributed by atoms with Gasteiger partial charge in [-0.05, 0) is 46.8 Å². The molecule has 0 aliphatic carbocycles. The van der Waals surface area contributed by atoms with Crippen molar-refractivity contribution in [3.8, 4) is 10.6 Å². The molecule has 2 N–H and O–H groups in total. The number of nitrogens with zero attached hydrogens (tertiary/aromatic N) is 1. The molecule has 0 saturated heterocycles. The molecule has 0 aliphatic rings. The van der Waals surface area contributed by atoms with Gasteiger partial charge in [-0.15, -0.1) is 11.3 Å². The number of nitrogen functional groups attached to an aromatic ring is 1. The lowest BCUT2D eigenvalue weighted by Crippen LogP contribution is -1.98. The maximum Gasteiger partial charge on any atom is 0.225 e. The van der Waals surface area contributed by atoms with E-state index < -0.39 is 0 Å². The van der Waals surface area contributed by atoms with Crippen LogP contribution in [-0.2, 0) is 6.42 Å². The van der Waals surface area contributed by atoms with Gasteiger partial charge in [0.2, 0.25) is 5.88 Å². The van der Waals surface area contributed by atoms with Crippen molar-refractivity contribution in [2.24, 2.45) is 5.92 Å². The highest BCUT2D eigenvalue weighted by Gasteiger charge is 2.18. The van der Waals surface area contributed by atoms with Gasteiger partial charge < -0.3 is 10.3 Å². The van der Waals surface area contributed by atoms with Crippen LogP contribution in [0.3, 0.4) is 0 Å². The third kappa shape index (κ3) is 2.55. The van der Waals surface area contributed by atoms with Crippen LogP contribution in [0.5, 0.6) is 0 Å². The summed E-state index contributed by atoms with van der Waals surface area (Å²) in [5.74, 6) is 0.968. The van der Waals surface area contributed by atoms with Crippen LogP contribution in [0.15, 0.2) is 14.4 Å². The molecular formula is C12H15BrN2OS. The molecule has 0 aliphatic heterocycles. The van der Waals surface area contributed by atoms with Gasteiger partial charge in [0.05, 0.1) is 8.66 Å². The van der Waals surface area contributed by atoms with Gasteiger partial charge in [-0.25, -0.2) is 0 Å². The first kappa shape index (κ1) is 12.6. The van der Waals surface area contributed by atoms with Gasteiger partial charge in [-0.2, -0.15) is 0 Å². The van der Waals surface area contributed by atoms with E-state index in [0.717, 1.165) is 26.3 Å². The van der Waals surface area contributed by atoms with Crippen LogP contribution in [0.4, 0.5) is 5.88 Å². The molecule has 3 nitrogen and oxygen atoms in total.